The van der Waals surface area contributed by atoms with Crippen molar-refractivity contribution in [3.05, 3.63) is 36.4 Å². The van der Waals surface area contributed by atoms with E-state index in [0.29, 0.717) is 11.6 Å². The monoisotopic (exact) mass is 210 g/mol. The van der Waals surface area contributed by atoms with Crippen LogP contribution in [0.1, 0.15) is 0 Å². The van der Waals surface area contributed by atoms with Crippen molar-refractivity contribution in [1.82, 2.24) is 9.97 Å². The molecule has 2 heterocycles. The van der Waals surface area contributed by atoms with Crippen LogP contribution < -0.4 is 11.5 Å². The second-order valence-electron chi connectivity index (χ2n) is 3.71. The highest BCUT2D eigenvalue weighted by Crippen LogP contribution is 2.21. The Kier molecular flexibility index (Phi) is 1.71. The van der Waals surface area contributed by atoms with Crippen molar-refractivity contribution in [3.8, 4) is 0 Å². The van der Waals surface area contributed by atoms with E-state index >= 15 is 0 Å². The highest BCUT2D eigenvalue weighted by atomic mass is 14.8. The van der Waals surface area contributed by atoms with Crippen LogP contribution in [-0.4, -0.2) is 9.97 Å². The lowest BCUT2D eigenvalue weighted by molar-refractivity contribution is 1.39. The summed E-state index contributed by atoms with van der Waals surface area (Å²) in [7, 11) is 0. The van der Waals surface area contributed by atoms with Gasteiger partial charge < -0.3 is 11.5 Å². The topological polar surface area (TPSA) is 77.8 Å². The number of nitrogen functional groups attached to an aromatic ring is 2. The minimum absolute atomic E-state index is 0.510. The highest BCUT2D eigenvalue weighted by Gasteiger charge is 2.01. The third-order valence-corrected chi connectivity index (χ3v) is 2.54. The zero-order valence-corrected chi connectivity index (χ0v) is 8.51. The Balaban J connectivity index is 2.44. The van der Waals surface area contributed by atoms with Crippen LogP contribution in [-0.2, 0) is 0 Å². The van der Waals surface area contributed by atoms with Crippen LogP contribution in [0.5, 0.6) is 0 Å². The molecule has 4 heteroatoms. The maximum Gasteiger partial charge on any atom is 0.124 e. The van der Waals surface area contributed by atoms with Crippen LogP contribution in [0.4, 0.5) is 11.6 Å². The van der Waals surface area contributed by atoms with Crippen molar-refractivity contribution >= 4 is 33.4 Å². The van der Waals surface area contributed by atoms with Gasteiger partial charge in [0, 0.05) is 10.8 Å². The molecule has 1 aromatic carbocycles. The van der Waals surface area contributed by atoms with Gasteiger partial charge in [-0.25, -0.2) is 9.97 Å². The van der Waals surface area contributed by atoms with Crippen LogP contribution in [0.25, 0.3) is 21.8 Å². The quantitative estimate of drug-likeness (QED) is 0.556. The van der Waals surface area contributed by atoms with Gasteiger partial charge in [0.05, 0.1) is 11.0 Å². The number of aromatic nitrogens is 2. The molecule has 0 spiro atoms. The third-order valence-electron chi connectivity index (χ3n) is 2.54. The molecule has 0 radical (unpaired) electrons. The Morgan fingerprint density at radius 1 is 0.688 bits per heavy atom. The van der Waals surface area contributed by atoms with E-state index in [2.05, 4.69) is 9.97 Å². The van der Waals surface area contributed by atoms with Gasteiger partial charge in [-0.1, -0.05) is 0 Å². The summed E-state index contributed by atoms with van der Waals surface area (Å²) in [6, 6.07) is 11.4. The fourth-order valence-corrected chi connectivity index (χ4v) is 1.78. The zero-order chi connectivity index (χ0) is 11.1. The molecular formula is C12H10N4. The average Bonchev–Trinajstić information content (AvgIpc) is 2.26. The molecule has 0 saturated heterocycles. The number of anilines is 2. The Labute approximate surface area is 91.9 Å². The second kappa shape index (κ2) is 3.06. The highest BCUT2D eigenvalue weighted by molar-refractivity contribution is 5.95. The van der Waals surface area contributed by atoms with E-state index in [1.807, 2.05) is 24.3 Å². The SMILES string of the molecule is Nc1ccc2cc3ccc(N)nc3cc2n1. The smallest absolute Gasteiger partial charge is 0.124 e. The standard InChI is InChI=1S/C12H10N4/c13-11-3-1-7-5-8-2-4-12(14)16-10(8)6-9(7)15-11/h1-6H,(H2,13,15)(H2,14,16). The molecule has 2 aromatic heterocycles. The van der Waals surface area contributed by atoms with Gasteiger partial charge in [0.15, 0.2) is 0 Å². The van der Waals surface area contributed by atoms with Crippen molar-refractivity contribution < 1.29 is 0 Å². The summed E-state index contributed by atoms with van der Waals surface area (Å²) < 4.78 is 0. The van der Waals surface area contributed by atoms with Gasteiger partial charge in [-0.05, 0) is 36.4 Å². The number of hydrogen-bond acceptors (Lipinski definition) is 4. The molecule has 3 rings (SSSR count). The Hall–Kier alpha value is -2.36. The summed E-state index contributed by atoms with van der Waals surface area (Å²) in [6.07, 6.45) is 0. The van der Waals surface area contributed by atoms with Crippen LogP contribution >= 0.6 is 0 Å². The number of nitrogens with zero attached hydrogens (tertiary/aromatic N) is 2. The summed E-state index contributed by atoms with van der Waals surface area (Å²) in [4.78, 5) is 8.50. The van der Waals surface area contributed by atoms with Gasteiger partial charge in [-0.3, -0.25) is 0 Å². The molecule has 3 aromatic rings. The molecule has 0 atom stereocenters. The van der Waals surface area contributed by atoms with Gasteiger partial charge in [-0.2, -0.15) is 0 Å². The van der Waals surface area contributed by atoms with Crippen LogP contribution in [0.15, 0.2) is 36.4 Å². The first-order valence-electron chi connectivity index (χ1n) is 4.95. The number of fused-ring (bicyclic) bond motifs is 2. The van der Waals surface area contributed by atoms with E-state index in [1.165, 1.54) is 0 Å². The van der Waals surface area contributed by atoms with Gasteiger partial charge >= 0.3 is 0 Å². The number of pyridine rings is 2. The van der Waals surface area contributed by atoms with Gasteiger partial charge in [0.1, 0.15) is 11.6 Å². The number of benzene rings is 1. The maximum atomic E-state index is 5.64. The molecule has 0 bridgehead atoms. The first kappa shape index (κ1) is 8.91. The maximum absolute atomic E-state index is 5.64. The van der Waals surface area contributed by atoms with Crippen molar-refractivity contribution in [3.63, 3.8) is 0 Å². The average molecular weight is 210 g/mol. The second-order valence-corrected chi connectivity index (χ2v) is 3.71. The molecular weight excluding hydrogens is 200 g/mol. The van der Waals surface area contributed by atoms with E-state index in [9.17, 15) is 0 Å². The molecule has 0 aliphatic rings. The van der Waals surface area contributed by atoms with Crippen LogP contribution in [0.2, 0.25) is 0 Å². The fourth-order valence-electron chi connectivity index (χ4n) is 1.78. The van der Waals surface area contributed by atoms with Crippen molar-refractivity contribution in [2.45, 2.75) is 0 Å². The lowest BCUT2D eigenvalue weighted by Crippen LogP contribution is -1.92. The normalized spacial score (nSPS) is 11.0. The Morgan fingerprint density at radius 2 is 1.19 bits per heavy atom. The summed E-state index contributed by atoms with van der Waals surface area (Å²) in [5.41, 5.74) is 13.0. The number of nitrogens with two attached hydrogens (primary N) is 2. The predicted octanol–water partition coefficient (Wildman–Crippen LogP) is 1.95. The largest absolute Gasteiger partial charge is 0.384 e. The predicted molar refractivity (Wildman–Crippen MR) is 65.9 cm³/mol. The first-order valence-corrected chi connectivity index (χ1v) is 4.95. The molecule has 0 fully saturated rings. The van der Waals surface area contributed by atoms with Crippen molar-refractivity contribution in [2.75, 3.05) is 11.5 Å². The number of hydrogen-bond donors (Lipinski definition) is 2. The molecule has 16 heavy (non-hydrogen) atoms. The molecule has 0 aliphatic heterocycles. The van der Waals surface area contributed by atoms with E-state index in [4.69, 9.17) is 11.5 Å². The lowest BCUT2D eigenvalue weighted by Gasteiger charge is -2.02. The van der Waals surface area contributed by atoms with Gasteiger partial charge in [0.25, 0.3) is 0 Å². The first-order chi connectivity index (χ1) is 7.72. The van der Waals surface area contributed by atoms with E-state index < -0.39 is 0 Å². The molecule has 0 unspecified atom stereocenters. The van der Waals surface area contributed by atoms with Crippen LogP contribution in [0, 0.1) is 0 Å². The Morgan fingerprint density at radius 3 is 1.69 bits per heavy atom. The molecule has 0 amide bonds. The number of rotatable bonds is 0. The van der Waals surface area contributed by atoms with Gasteiger partial charge in [-0.15, -0.1) is 0 Å². The van der Waals surface area contributed by atoms with Crippen molar-refractivity contribution in [2.24, 2.45) is 0 Å². The van der Waals surface area contributed by atoms with Gasteiger partial charge in [0.2, 0.25) is 0 Å². The van der Waals surface area contributed by atoms with Crippen LogP contribution in [0.3, 0.4) is 0 Å². The van der Waals surface area contributed by atoms with E-state index in [1.54, 1.807) is 12.1 Å². The zero-order valence-electron chi connectivity index (χ0n) is 8.51. The minimum atomic E-state index is 0.510. The summed E-state index contributed by atoms with van der Waals surface area (Å²) in [6.45, 7) is 0. The molecule has 0 aliphatic carbocycles. The third kappa shape index (κ3) is 1.32. The molecule has 4 nitrogen and oxygen atoms in total. The Bertz CT molecular complexity index is 634. The summed E-state index contributed by atoms with van der Waals surface area (Å²) >= 11 is 0. The van der Waals surface area contributed by atoms with E-state index in [-0.39, 0.29) is 0 Å². The van der Waals surface area contributed by atoms with Crippen molar-refractivity contribution in [1.29, 1.82) is 0 Å². The lowest BCUT2D eigenvalue weighted by atomic mass is 10.1. The van der Waals surface area contributed by atoms with E-state index in [0.717, 1.165) is 21.8 Å². The summed E-state index contributed by atoms with van der Waals surface area (Å²) in [5.74, 6) is 1.02. The molecule has 4 N–H and O–H groups in total. The fraction of sp³-hybridized carbons (Fsp3) is 0. The summed E-state index contributed by atoms with van der Waals surface area (Å²) in [5, 5.41) is 2.10. The molecule has 0 saturated carbocycles. The molecule has 78 valence electrons. The minimum Gasteiger partial charge on any atom is -0.384 e.